The van der Waals surface area contributed by atoms with Crippen molar-refractivity contribution in [3.63, 3.8) is 0 Å². The SMILES string of the molecule is CC(C)(C)c1ccc(CNc2cccnc2-n2cncn2)s1. The Labute approximate surface area is 134 Å². The van der Waals surface area contributed by atoms with Crippen LogP contribution in [-0.4, -0.2) is 19.7 Å². The molecule has 5 nitrogen and oxygen atoms in total. The number of pyridine rings is 1. The summed E-state index contributed by atoms with van der Waals surface area (Å²) in [5, 5.41) is 7.59. The van der Waals surface area contributed by atoms with Gasteiger partial charge in [-0.1, -0.05) is 20.8 Å². The minimum absolute atomic E-state index is 0.198. The molecule has 0 spiro atoms. The summed E-state index contributed by atoms with van der Waals surface area (Å²) in [4.78, 5) is 11.1. The van der Waals surface area contributed by atoms with Gasteiger partial charge in [-0.2, -0.15) is 5.10 Å². The summed E-state index contributed by atoms with van der Waals surface area (Å²) in [6, 6.07) is 8.31. The summed E-state index contributed by atoms with van der Waals surface area (Å²) < 4.78 is 1.66. The molecular formula is C16H19N5S. The minimum atomic E-state index is 0.198. The largest absolute Gasteiger partial charge is 0.377 e. The van der Waals surface area contributed by atoms with Gasteiger partial charge in [-0.25, -0.2) is 14.6 Å². The minimum Gasteiger partial charge on any atom is -0.377 e. The molecule has 0 unspecified atom stereocenters. The van der Waals surface area contributed by atoms with E-state index in [0.29, 0.717) is 0 Å². The van der Waals surface area contributed by atoms with Gasteiger partial charge in [0.1, 0.15) is 12.7 Å². The van der Waals surface area contributed by atoms with Gasteiger partial charge in [-0.05, 0) is 29.7 Å². The summed E-state index contributed by atoms with van der Waals surface area (Å²) in [6.07, 6.45) is 4.91. The van der Waals surface area contributed by atoms with Crippen LogP contribution in [0, 0.1) is 0 Å². The average molecular weight is 313 g/mol. The zero-order valence-corrected chi connectivity index (χ0v) is 13.8. The van der Waals surface area contributed by atoms with Crippen LogP contribution >= 0.6 is 11.3 Å². The molecule has 0 aliphatic rings. The van der Waals surface area contributed by atoms with Crippen LogP contribution in [0.15, 0.2) is 43.1 Å². The van der Waals surface area contributed by atoms with Crippen molar-refractivity contribution in [3.8, 4) is 5.82 Å². The summed E-state index contributed by atoms with van der Waals surface area (Å²) >= 11 is 1.84. The molecule has 0 aromatic carbocycles. The second kappa shape index (κ2) is 5.88. The zero-order chi connectivity index (χ0) is 15.6. The molecule has 0 amide bonds. The van der Waals surface area contributed by atoms with Gasteiger partial charge in [0, 0.05) is 22.5 Å². The van der Waals surface area contributed by atoms with E-state index in [-0.39, 0.29) is 5.41 Å². The third kappa shape index (κ3) is 3.17. The van der Waals surface area contributed by atoms with Crippen LogP contribution in [0.1, 0.15) is 30.5 Å². The summed E-state index contributed by atoms with van der Waals surface area (Å²) in [7, 11) is 0. The van der Waals surface area contributed by atoms with Gasteiger partial charge in [-0.3, -0.25) is 0 Å². The maximum absolute atomic E-state index is 4.38. The van der Waals surface area contributed by atoms with E-state index in [1.54, 1.807) is 17.2 Å². The molecule has 3 rings (SSSR count). The highest BCUT2D eigenvalue weighted by Crippen LogP contribution is 2.30. The van der Waals surface area contributed by atoms with E-state index in [0.717, 1.165) is 18.1 Å². The lowest BCUT2D eigenvalue weighted by Crippen LogP contribution is -2.08. The number of nitrogens with one attached hydrogen (secondary N) is 1. The van der Waals surface area contributed by atoms with E-state index >= 15 is 0 Å². The lowest BCUT2D eigenvalue weighted by Gasteiger charge is -2.15. The Balaban J connectivity index is 1.76. The van der Waals surface area contributed by atoms with Crippen LogP contribution in [0.25, 0.3) is 5.82 Å². The molecule has 0 saturated heterocycles. The van der Waals surface area contributed by atoms with Crippen molar-refractivity contribution in [2.75, 3.05) is 5.32 Å². The molecule has 114 valence electrons. The van der Waals surface area contributed by atoms with E-state index < -0.39 is 0 Å². The summed E-state index contributed by atoms with van der Waals surface area (Å²) in [5.41, 5.74) is 1.14. The van der Waals surface area contributed by atoms with Gasteiger partial charge in [-0.15, -0.1) is 11.3 Å². The predicted molar refractivity (Wildman–Crippen MR) is 89.5 cm³/mol. The first-order valence-corrected chi connectivity index (χ1v) is 7.99. The molecule has 3 aromatic rings. The molecule has 0 saturated carbocycles. The average Bonchev–Trinajstić information content (AvgIpc) is 3.16. The Bertz CT molecular complexity index is 740. The lowest BCUT2D eigenvalue weighted by molar-refractivity contribution is 0.604. The Kier molecular flexibility index (Phi) is 3.94. The third-order valence-corrected chi connectivity index (χ3v) is 4.79. The van der Waals surface area contributed by atoms with E-state index in [2.05, 4.69) is 53.3 Å². The summed E-state index contributed by atoms with van der Waals surface area (Å²) in [5.74, 6) is 0.757. The predicted octanol–water partition coefficient (Wildman–Crippen LogP) is 3.63. The van der Waals surface area contributed by atoms with Gasteiger partial charge >= 0.3 is 0 Å². The normalized spacial score (nSPS) is 11.6. The van der Waals surface area contributed by atoms with Gasteiger partial charge in [0.25, 0.3) is 0 Å². The smallest absolute Gasteiger partial charge is 0.178 e. The van der Waals surface area contributed by atoms with E-state index in [4.69, 9.17) is 0 Å². The number of thiophene rings is 1. The second-order valence-corrected chi connectivity index (χ2v) is 7.25. The maximum atomic E-state index is 4.38. The quantitative estimate of drug-likeness (QED) is 0.799. The highest BCUT2D eigenvalue weighted by molar-refractivity contribution is 7.12. The number of nitrogens with zero attached hydrogens (tertiary/aromatic N) is 4. The number of hydrogen-bond donors (Lipinski definition) is 1. The van der Waals surface area contributed by atoms with E-state index in [9.17, 15) is 0 Å². The second-order valence-electron chi connectivity index (χ2n) is 6.08. The van der Waals surface area contributed by atoms with Crippen LogP contribution in [0.5, 0.6) is 0 Å². The van der Waals surface area contributed by atoms with Gasteiger partial charge in [0.2, 0.25) is 0 Å². The van der Waals surface area contributed by atoms with E-state index in [1.165, 1.54) is 16.1 Å². The van der Waals surface area contributed by atoms with Crippen LogP contribution in [0.2, 0.25) is 0 Å². The van der Waals surface area contributed by atoms with Gasteiger partial charge in [0.05, 0.1) is 5.69 Å². The first-order chi connectivity index (χ1) is 10.5. The monoisotopic (exact) mass is 313 g/mol. The molecule has 0 atom stereocenters. The Hall–Kier alpha value is -2.21. The topological polar surface area (TPSA) is 55.6 Å². The lowest BCUT2D eigenvalue weighted by atomic mass is 9.95. The first kappa shape index (κ1) is 14.7. The van der Waals surface area contributed by atoms with Crippen LogP contribution in [-0.2, 0) is 12.0 Å². The fraction of sp³-hybridized carbons (Fsp3) is 0.312. The highest BCUT2D eigenvalue weighted by atomic mass is 32.1. The molecule has 6 heteroatoms. The Morgan fingerprint density at radius 2 is 2.09 bits per heavy atom. The molecule has 0 aliphatic heterocycles. The van der Waals surface area contributed by atoms with Crippen molar-refractivity contribution < 1.29 is 0 Å². The number of aromatic nitrogens is 4. The fourth-order valence-electron chi connectivity index (χ4n) is 2.09. The number of rotatable bonds is 4. The molecule has 0 aliphatic carbocycles. The fourth-order valence-corrected chi connectivity index (χ4v) is 3.10. The molecule has 0 fully saturated rings. The molecule has 0 radical (unpaired) electrons. The first-order valence-electron chi connectivity index (χ1n) is 7.17. The molecule has 1 N–H and O–H groups in total. The number of hydrogen-bond acceptors (Lipinski definition) is 5. The molecule has 22 heavy (non-hydrogen) atoms. The number of anilines is 1. The standard InChI is InChI=1S/C16H19N5S/c1-16(2,3)14-7-6-12(22-14)9-19-13-5-4-8-18-15(13)21-11-17-10-20-21/h4-8,10-11,19H,9H2,1-3H3. The highest BCUT2D eigenvalue weighted by Gasteiger charge is 2.16. The summed E-state index contributed by atoms with van der Waals surface area (Å²) in [6.45, 7) is 7.48. The van der Waals surface area contributed by atoms with Crippen molar-refractivity contribution in [1.29, 1.82) is 0 Å². The van der Waals surface area contributed by atoms with E-state index in [1.807, 2.05) is 23.5 Å². The molecule has 3 heterocycles. The van der Waals surface area contributed by atoms with Crippen molar-refractivity contribution in [2.45, 2.75) is 32.7 Å². The van der Waals surface area contributed by atoms with Crippen molar-refractivity contribution in [2.24, 2.45) is 0 Å². The van der Waals surface area contributed by atoms with Crippen molar-refractivity contribution in [1.82, 2.24) is 19.7 Å². The zero-order valence-electron chi connectivity index (χ0n) is 12.9. The van der Waals surface area contributed by atoms with Crippen molar-refractivity contribution >= 4 is 17.0 Å². The van der Waals surface area contributed by atoms with Gasteiger partial charge in [0.15, 0.2) is 5.82 Å². The molecular weight excluding hydrogens is 294 g/mol. The van der Waals surface area contributed by atoms with Gasteiger partial charge < -0.3 is 5.32 Å². The van der Waals surface area contributed by atoms with Crippen LogP contribution < -0.4 is 5.32 Å². The Morgan fingerprint density at radius 3 is 2.77 bits per heavy atom. The maximum Gasteiger partial charge on any atom is 0.178 e. The third-order valence-electron chi connectivity index (χ3n) is 3.28. The molecule has 0 bridgehead atoms. The Morgan fingerprint density at radius 1 is 1.23 bits per heavy atom. The van der Waals surface area contributed by atoms with Crippen LogP contribution in [0.3, 0.4) is 0 Å². The van der Waals surface area contributed by atoms with Crippen molar-refractivity contribution in [3.05, 3.63) is 52.9 Å². The van der Waals surface area contributed by atoms with Crippen LogP contribution in [0.4, 0.5) is 5.69 Å². The molecule has 3 aromatic heterocycles.